The lowest BCUT2D eigenvalue weighted by Gasteiger charge is -2.13. The van der Waals surface area contributed by atoms with Crippen molar-refractivity contribution in [3.05, 3.63) is 59.7 Å². The number of hydrogen-bond donors (Lipinski definition) is 2. The lowest BCUT2D eigenvalue weighted by atomic mass is 10.1. The molecule has 3 heterocycles. The molecule has 5 nitrogen and oxygen atoms in total. The molecule has 3 aromatic rings. The van der Waals surface area contributed by atoms with Crippen molar-refractivity contribution in [2.24, 2.45) is 0 Å². The molecule has 3 rings (SSSR count). The average Bonchev–Trinajstić information content (AvgIpc) is 3.14. The Bertz CT molecular complexity index is 702. The predicted octanol–water partition coefficient (Wildman–Crippen LogP) is 3.22. The summed E-state index contributed by atoms with van der Waals surface area (Å²) >= 11 is 0. The molecule has 108 valence electrons. The topological polar surface area (TPSA) is 66.7 Å². The molecule has 21 heavy (non-hydrogen) atoms. The highest BCUT2D eigenvalue weighted by Gasteiger charge is 2.12. The first kappa shape index (κ1) is 13.6. The van der Waals surface area contributed by atoms with Crippen LogP contribution in [0.25, 0.3) is 11.5 Å². The molecular formula is C16H18N4O. The summed E-state index contributed by atoms with van der Waals surface area (Å²) in [5.41, 5.74) is 3.23. The number of aryl methyl sites for hydroxylation is 1. The maximum Gasteiger partial charge on any atom is 0.152 e. The van der Waals surface area contributed by atoms with E-state index in [1.807, 2.05) is 49.8 Å². The molecule has 0 aromatic carbocycles. The molecule has 2 N–H and O–H groups in total. The first-order valence-electron chi connectivity index (χ1n) is 6.96. The van der Waals surface area contributed by atoms with Gasteiger partial charge in [0, 0.05) is 30.5 Å². The Balaban J connectivity index is 1.71. The summed E-state index contributed by atoms with van der Waals surface area (Å²) in [6, 6.07) is 8.19. The van der Waals surface area contributed by atoms with Gasteiger partial charge in [0.15, 0.2) is 5.76 Å². The van der Waals surface area contributed by atoms with Crippen molar-refractivity contribution in [3.63, 3.8) is 0 Å². The SMILES string of the molecule is Cc1ccc(-c2[nH]ncc2CN[C@@H](C)c2ccncc2)o1. The van der Waals surface area contributed by atoms with E-state index in [9.17, 15) is 0 Å². The Morgan fingerprint density at radius 3 is 2.76 bits per heavy atom. The van der Waals surface area contributed by atoms with Crippen LogP contribution in [0, 0.1) is 6.92 Å². The first-order chi connectivity index (χ1) is 10.2. The molecule has 3 aromatic heterocycles. The molecule has 0 saturated carbocycles. The fourth-order valence-corrected chi connectivity index (χ4v) is 2.26. The minimum absolute atomic E-state index is 0.245. The second kappa shape index (κ2) is 5.93. The lowest BCUT2D eigenvalue weighted by Crippen LogP contribution is -2.18. The summed E-state index contributed by atoms with van der Waals surface area (Å²) in [7, 11) is 0. The number of hydrogen-bond acceptors (Lipinski definition) is 4. The number of aromatic amines is 1. The van der Waals surface area contributed by atoms with Crippen molar-refractivity contribution in [2.45, 2.75) is 26.4 Å². The van der Waals surface area contributed by atoms with Crippen molar-refractivity contribution in [1.29, 1.82) is 0 Å². The van der Waals surface area contributed by atoms with Gasteiger partial charge in [-0.15, -0.1) is 0 Å². The number of rotatable bonds is 5. The highest BCUT2D eigenvalue weighted by Crippen LogP contribution is 2.23. The van der Waals surface area contributed by atoms with Crippen LogP contribution >= 0.6 is 0 Å². The van der Waals surface area contributed by atoms with Crippen LogP contribution in [0.3, 0.4) is 0 Å². The molecule has 0 radical (unpaired) electrons. The maximum atomic E-state index is 5.65. The third-order valence-corrected chi connectivity index (χ3v) is 3.51. The van der Waals surface area contributed by atoms with Crippen LogP contribution in [0.4, 0.5) is 0 Å². The van der Waals surface area contributed by atoms with E-state index < -0.39 is 0 Å². The summed E-state index contributed by atoms with van der Waals surface area (Å²) in [5.74, 6) is 1.71. The highest BCUT2D eigenvalue weighted by atomic mass is 16.3. The minimum atomic E-state index is 0.245. The standard InChI is InChI=1S/C16H18N4O/c1-11-3-4-15(21-11)16-14(10-19-20-16)9-18-12(2)13-5-7-17-8-6-13/h3-8,10,12,18H,9H2,1-2H3,(H,19,20)/t12-/m0/s1. The quantitative estimate of drug-likeness (QED) is 0.754. The predicted molar refractivity (Wildman–Crippen MR) is 80.5 cm³/mol. The Kier molecular flexibility index (Phi) is 3.83. The van der Waals surface area contributed by atoms with Crippen molar-refractivity contribution in [3.8, 4) is 11.5 Å². The largest absolute Gasteiger partial charge is 0.460 e. The Hall–Kier alpha value is -2.40. The van der Waals surface area contributed by atoms with Crippen molar-refractivity contribution < 1.29 is 4.42 Å². The summed E-state index contributed by atoms with van der Waals surface area (Å²) in [4.78, 5) is 4.04. The summed E-state index contributed by atoms with van der Waals surface area (Å²) in [5, 5.41) is 10.6. The second-order valence-electron chi connectivity index (χ2n) is 5.06. The highest BCUT2D eigenvalue weighted by molar-refractivity contribution is 5.56. The maximum absolute atomic E-state index is 5.65. The molecule has 0 saturated heterocycles. The fourth-order valence-electron chi connectivity index (χ4n) is 2.26. The summed E-state index contributed by atoms with van der Waals surface area (Å²) < 4.78 is 5.65. The molecule has 0 aliphatic carbocycles. The molecule has 1 atom stereocenters. The van der Waals surface area contributed by atoms with Crippen LogP contribution in [0.1, 0.15) is 29.9 Å². The van der Waals surface area contributed by atoms with Crippen molar-refractivity contribution in [1.82, 2.24) is 20.5 Å². The van der Waals surface area contributed by atoms with Gasteiger partial charge < -0.3 is 9.73 Å². The first-order valence-corrected chi connectivity index (χ1v) is 6.96. The van der Waals surface area contributed by atoms with Crippen LogP contribution < -0.4 is 5.32 Å². The van der Waals surface area contributed by atoms with Gasteiger partial charge in [0.05, 0.1) is 6.20 Å². The summed E-state index contributed by atoms with van der Waals surface area (Å²) in [6.07, 6.45) is 5.45. The molecule has 0 fully saturated rings. The van der Waals surface area contributed by atoms with Crippen LogP contribution in [0.5, 0.6) is 0 Å². The van der Waals surface area contributed by atoms with E-state index in [-0.39, 0.29) is 6.04 Å². The molecule has 0 unspecified atom stereocenters. The van der Waals surface area contributed by atoms with E-state index in [0.29, 0.717) is 0 Å². The van der Waals surface area contributed by atoms with Gasteiger partial charge in [-0.2, -0.15) is 5.10 Å². The molecular weight excluding hydrogens is 264 g/mol. The number of pyridine rings is 1. The van der Waals surface area contributed by atoms with Crippen molar-refractivity contribution >= 4 is 0 Å². The van der Waals surface area contributed by atoms with Crippen LogP contribution in [0.15, 0.2) is 47.3 Å². The van der Waals surface area contributed by atoms with Gasteiger partial charge in [0.1, 0.15) is 11.5 Å². The molecule has 0 aliphatic rings. The van der Waals surface area contributed by atoms with Gasteiger partial charge in [-0.25, -0.2) is 0 Å². The smallest absolute Gasteiger partial charge is 0.152 e. The van der Waals surface area contributed by atoms with Gasteiger partial charge >= 0.3 is 0 Å². The van der Waals surface area contributed by atoms with Crippen LogP contribution in [0.2, 0.25) is 0 Å². The normalized spacial score (nSPS) is 12.5. The zero-order valence-electron chi connectivity index (χ0n) is 12.1. The van der Waals surface area contributed by atoms with Gasteiger partial charge in [-0.05, 0) is 43.7 Å². The average molecular weight is 282 g/mol. The Morgan fingerprint density at radius 1 is 1.24 bits per heavy atom. The molecule has 0 amide bonds. The van der Waals surface area contributed by atoms with Gasteiger partial charge in [-0.1, -0.05) is 0 Å². The number of furan rings is 1. The Morgan fingerprint density at radius 2 is 2.05 bits per heavy atom. The van der Waals surface area contributed by atoms with E-state index in [1.165, 1.54) is 5.56 Å². The van der Waals surface area contributed by atoms with E-state index in [4.69, 9.17) is 4.42 Å². The minimum Gasteiger partial charge on any atom is -0.460 e. The zero-order valence-corrected chi connectivity index (χ0v) is 12.1. The molecule has 0 bridgehead atoms. The summed E-state index contributed by atoms with van der Waals surface area (Å²) in [6.45, 7) is 4.78. The van der Waals surface area contributed by atoms with E-state index in [2.05, 4.69) is 27.4 Å². The Labute approximate surface area is 123 Å². The monoisotopic (exact) mass is 282 g/mol. The van der Waals surface area contributed by atoms with E-state index >= 15 is 0 Å². The van der Waals surface area contributed by atoms with E-state index in [0.717, 1.165) is 29.3 Å². The van der Waals surface area contributed by atoms with Crippen LogP contribution in [-0.2, 0) is 6.54 Å². The van der Waals surface area contributed by atoms with Crippen molar-refractivity contribution in [2.75, 3.05) is 0 Å². The number of aromatic nitrogens is 3. The molecule has 0 aliphatic heterocycles. The fraction of sp³-hybridized carbons (Fsp3) is 0.250. The third-order valence-electron chi connectivity index (χ3n) is 3.51. The number of H-pyrrole nitrogens is 1. The third kappa shape index (κ3) is 3.03. The number of nitrogens with zero attached hydrogens (tertiary/aromatic N) is 2. The second-order valence-corrected chi connectivity index (χ2v) is 5.06. The van der Waals surface area contributed by atoms with E-state index in [1.54, 1.807) is 0 Å². The van der Waals surface area contributed by atoms with Gasteiger partial charge in [0.25, 0.3) is 0 Å². The lowest BCUT2D eigenvalue weighted by molar-refractivity contribution is 0.542. The zero-order chi connectivity index (χ0) is 14.7. The van der Waals surface area contributed by atoms with Gasteiger partial charge in [0.2, 0.25) is 0 Å². The number of nitrogens with one attached hydrogen (secondary N) is 2. The molecule has 0 spiro atoms. The van der Waals surface area contributed by atoms with Gasteiger partial charge in [-0.3, -0.25) is 10.1 Å². The molecule has 5 heteroatoms. The van der Waals surface area contributed by atoms with Crippen LogP contribution in [-0.4, -0.2) is 15.2 Å².